The maximum Gasteiger partial charge on any atom is 0.0431 e. The van der Waals surface area contributed by atoms with E-state index >= 15 is 0 Å². The molecule has 1 aliphatic heterocycles. The summed E-state index contributed by atoms with van der Waals surface area (Å²) in [4.78, 5) is 2.60. The summed E-state index contributed by atoms with van der Waals surface area (Å²) in [6, 6.07) is 0.679. The van der Waals surface area contributed by atoms with E-state index in [1.54, 1.807) is 0 Å². The highest BCUT2D eigenvalue weighted by atomic mass is 16.2. The van der Waals surface area contributed by atoms with E-state index in [-0.39, 0.29) is 0 Å². The van der Waals surface area contributed by atoms with Gasteiger partial charge in [-0.1, -0.05) is 6.42 Å². The molecule has 0 aromatic carbocycles. The molecule has 1 aliphatic rings. The number of nitrogens with one attached hydrogen (secondary N) is 1. The number of aliphatic hydroxyl groups is 1. The summed E-state index contributed by atoms with van der Waals surface area (Å²) in [5.41, 5.74) is 0. The summed E-state index contributed by atoms with van der Waals surface area (Å²) in [6.07, 6.45) is 7.44. The SMILES string of the molecule is CC(CNCCCCCO)N1CCCCC1. The van der Waals surface area contributed by atoms with E-state index < -0.39 is 0 Å². The normalized spacial score (nSPS) is 19.9. The lowest BCUT2D eigenvalue weighted by Gasteiger charge is -2.32. The van der Waals surface area contributed by atoms with Crippen molar-refractivity contribution < 1.29 is 5.11 Å². The van der Waals surface area contributed by atoms with Gasteiger partial charge in [0.15, 0.2) is 0 Å². The summed E-state index contributed by atoms with van der Waals surface area (Å²) in [7, 11) is 0. The van der Waals surface area contributed by atoms with E-state index in [0.717, 1.165) is 25.9 Å². The van der Waals surface area contributed by atoms with Gasteiger partial charge in [0, 0.05) is 19.2 Å². The third-order valence-electron chi connectivity index (χ3n) is 3.47. The monoisotopic (exact) mass is 228 g/mol. The maximum absolute atomic E-state index is 8.65. The second-order valence-electron chi connectivity index (χ2n) is 4.93. The molecule has 0 aromatic heterocycles. The Kier molecular flexibility index (Phi) is 7.81. The Labute approximate surface area is 100 Å². The zero-order chi connectivity index (χ0) is 11.6. The van der Waals surface area contributed by atoms with Crippen LogP contribution in [0.4, 0.5) is 0 Å². The van der Waals surface area contributed by atoms with Crippen LogP contribution in [0.25, 0.3) is 0 Å². The molecule has 1 saturated heterocycles. The van der Waals surface area contributed by atoms with E-state index in [2.05, 4.69) is 17.1 Å². The fourth-order valence-electron chi connectivity index (χ4n) is 2.34. The van der Waals surface area contributed by atoms with Crippen molar-refractivity contribution >= 4 is 0 Å². The Bertz CT molecular complexity index is 158. The van der Waals surface area contributed by atoms with Gasteiger partial charge in [0.2, 0.25) is 0 Å². The van der Waals surface area contributed by atoms with Gasteiger partial charge < -0.3 is 10.4 Å². The van der Waals surface area contributed by atoms with Gasteiger partial charge in [-0.2, -0.15) is 0 Å². The molecule has 1 unspecified atom stereocenters. The molecule has 0 saturated carbocycles. The van der Waals surface area contributed by atoms with E-state index in [1.807, 2.05) is 0 Å². The first-order valence-corrected chi connectivity index (χ1v) is 6.90. The molecular weight excluding hydrogens is 200 g/mol. The third-order valence-corrected chi connectivity index (χ3v) is 3.47. The van der Waals surface area contributed by atoms with Crippen molar-refractivity contribution in [2.75, 3.05) is 32.8 Å². The van der Waals surface area contributed by atoms with Crippen molar-refractivity contribution in [3.63, 3.8) is 0 Å². The van der Waals surface area contributed by atoms with Crippen molar-refractivity contribution in [2.24, 2.45) is 0 Å². The zero-order valence-corrected chi connectivity index (χ0v) is 10.7. The van der Waals surface area contributed by atoms with Crippen molar-refractivity contribution in [2.45, 2.75) is 51.5 Å². The van der Waals surface area contributed by atoms with Gasteiger partial charge in [0.05, 0.1) is 0 Å². The smallest absolute Gasteiger partial charge is 0.0431 e. The van der Waals surface area contributed by atoms with Gasteiger partial charge in [-0.05, 0) is 58.7 Å². The third kappa shape index (κ3) is 5.83. The second-order valence-corrected chi connectivity index (χ2v) is 4.93. The fourth-order valence-corrected chi connectivity index (χ4v) is 2.34. The van der Waals surface area contributed by atoms with Crippen molar-refractivity contribution in [1.29, 1.82) is 0 Å². The molecule has 0 aromatic rings. The van der Waals surface area contributed by atoms with Crippen molar-refractivity contribution in [1.82, 2.24) is 10.2 Å². The van der Waals surface area contributed by atoms with Crippen LogP contribution >= 0.6 is 0 Å². The van der Waals surface area contributed by atoms with Crippen LogP contribution in [0.2, 0.25) is 0 Å². The van der Waals surface area contributed by atoms with Crippen LogP contribution in [0.3, 0.4) is 0 Å². The van der Waals surface area contributed by atoms with Crippen LogP contribution in [0.15, 0.2) is 0 Å². The molecule has 0 bridgehead atoms. The van der Waals surface area contributed by atoms with Crippen LogP contribution in [-0.2, 0) is 0 Å². The van der Waals surface area contributed by atoms with E-state index in [4.69, 9.17) is 5.11 Å². The molecule has 1 rings (SSSR count). The van der Waals surface area contributed by atoms with Crippen LogP contribution < -0.4 is 5.32 Å². The van der Waals surface area contributed by atoms with Gasteiger partial charge in [-0.3, -0.25) is 4.90 Å². The molecular formula is C13H28N2O. The maximum atomic E-state index is 8.65. The Balaban J connectivity index is 1.94. The first kappa shape index (κ1) is 13.9. The lowest BCUT2D eigenvalue weighted by Crippen LogP contribution is -2.43. The highest BCUT2D eigenvalue weighted by molar-refractivity contribution is 4.73. The average molecular weight is 228 g/mol. The number of unbranched alkanes of at least 4 members (excludes halogenated alkanes) is 2. The summed E-state index contributed by atoms with van der Waals surface area (Å²) >= 11 is 0. The lowest BCUT2D eigenvalue weighted by molar-refractivity contribution is 0.171. The molecule has 16 heavy (non-hydrogen) atoms. The van der Waals surface area contributed by atoms with Crippen LogP contribution in [0.1, 0.15) is 45.4 Å². The summed E-state index contributed by atoms with van der Waals surface area (Å²) in [5.74, 6) is 0. The first-order valence-electron chi connectivity index (χ1n) is 6.90. The lowest BCUT2D eigenvalue weighted by atomic mass is 10.1. The van der Waals surface area contributed by atoms with Gasteiger partial charge in [0.25, 0.3) is 0 Å². The first-order chi connectivity index (χ1) is 7.84. The van der Waals surface area contributed by atoms with Crippen molar-refractivity contribution in [3.05, 3.63) is 0 Å². The average Bonchev–Trinajstić information content (AvgIpc) is 2.34. The highest BCUT2D eigenvalue weighted by Gasteiger charge is 2.15. The number of rotatable bonds is 8. The zero-order valence-electron chi connectivity index (χ0n) is 10.7. The largest absolute Gasteiger partial charge is 0.396 e. The molecule has 0 amide bonds. The summed E-state index contributed by atoms with van der Waals surface area (Å²) < 4.78 is 0. The number of hydrogen-bond donors (Lipinski definition) is 2. The molecule has 0 radical (unpaired) electrons. The van der Waals surface area contributed by atoms with Gasteiger partial charge in [-0.25, -0.2) is 0 Å². The minimum absolute atomic E-state index is 0.337. The summed E-state index contributed by atoms with van der Waals surface area (Å²) in [5, 5.41) is 12.2. The predicted molar refractivity (Wildman–Crippen MR) is 68.7 cm³/mol. The molecule has 1 atom stereocenters. The molecule has 3 heteroatoms. The molecule has 1 fully saturated rings. The molecule has 0 aliphatic carbocycles. The fraction of sp³-hybridized carbons (Fsp3) is 1.00. The molecule has 1 heterocycles. The number of nitrogens with zero attached hydrogens (tertiary/aromatic N) is 1. The van der Waals surface area contributed by atoms with E-state index in [9.17, 15) is 0 Å². The number of piperidine rings is 1. The quantitative estimate of drug-likeness (QED) is 0.620. The van der Waals surface area contributed by atoms with Gasteiger partial charge >= 0.3 is 0 Å². The second kappa shape index (κ2) is 8.97. The Morgan fingerprint density at radius 2 is 1.88 bits per heavy atom. The van der Waals surface area contributed by atoms with Crippen LogP contribution in [-0.4, -0.2) is 48.8 Å². The summed E-state index contributed by atoms with van der Waals surface area (Å²) in [6.45, 7) is 7.44. The van der Waals surface area contributed by atoms with E-state index in [0.29, 0.717) is 12.6 Å². The number of likely N-dealkylation sites (tertiary alicyclic amines) is 1. The topological polar surface area (TPSA) is 35.5 Å². The van der Waals surface area contributed by atoms with Gasteiger partial charge in [-0.15, -0.1) is 0 Å². The minimum Gasteiger partial charge on any atom is -0.396 e. The highest BCUT2D eigenvalue weighted by Crippen LogP contribution is 2.11. The molecule has 0 spiro atoms. The molecule has 3 nitrogen and oxygen atoms in total. The van der Waals surface area contributed by atoms with Crippen LogP contribution in [0.5, 0.6) is 0 Å². The standard InChI is InChI=1S/C13H28N2O/c1-13(15-9-5-3-6-10-15)12-14-8-4-2-7-11-16/h13-14,16H,2-12H2,1H3. The molecule has 2 N–H and O–H groups in total. The van der Waals surface area contributed by atoms with Crippen molar-refractivity contribution in [3.8, 4) is 0 Å². The Hall–Kier alpha value is -0.120. The Morgan fingerprint density at radius 1 is 1.12 bits per heavy atom. The minimum atomic E-state index is 0.337. The van der Waals surface area contributed by atoms with Gasteiger partial charge in [0.1, 0.15) is 0 Å². The molecule has 96 valence electrons. The number of hydrogen-bond acceptors (Lipinski definition) is 3. The number of aliphatic hydroxyl groups excluding tert-OH is 1. The van der Waals surface area contributed by atoms with E-state index in [1.165, 1.54) is 38.8 Å². The predicted octanol–water partition coefficient (Wildman–Crippen LogP) is 1.61. The van der Waals surface area contributed by atoms with Crippen LogP contribution in [0, 0.1) is 0 Å². The Morgan fingerprint density at radius 3 is 2.56 bits per heavy atom.